The van der Waals surface area contributed by atoms with Crippen LogP contribution >= 0.6 is 0 Å². The van der Waals surface area contributed by atoms with Crippen LogP contribution in [0.3, 0.4) is 0 Å². The van der Waals surface area contributed by atoms with E-state index in [4.69, 9.17) is 11.2 Å². The number of amides is 1. The molecule has 2 saturated heterocycles. The topological polar surface area (TPSA) is 82.6 Å². The second kappa shape index (κ2) is 10.7. The summed E-state index contributed by atoms with van der Waals surface area (Å²) in [6.07, 6.45) is 10.3. The van der Waals surface area contributed by atoms with Crippen LogP contribution in [0.15, 0.2) is 42.7 Å². The zero-order chi connectivity index (χ0) is 25.8. The Bertz CT molecular complexity index is 1340. The van der Waals surface area contributed by atoms with E-state index in [-0.39, 0.29) is 11.3 Å². The highest BCUT2D eigenvalue weighted by Gasteiger charge is 2.43. The molecule has 2 aromatic carbocycles. The molecular weight excluding hydrogens is 464 g/mol. The molecule has 3 heterocycles. The first-order valence-electron chi connectivity index (χ1n) is 12.9. The summed E-state index contributed by atoms with van der Waals surface area (Å²) in [5.74, 6) is 4.34. The first-order valence-corrected chi connectivity index (χ1v) is 12.9. The van der Waals surface area contributed by atoms with Crippen molar-refractivity contribution in [3.63, 3.8) is 0 Å². The number of hydrogen-bond donors (Lipinski definition) is 2. The molecule has 192 valence electrons. The van der Waals surface area contributed by atoms with Gasteiger partial charge in [-0.2, -0.15) is 0 Å². The molecule has 0 saturated carbocycles. The van der Waals surface area contributed by atoms with Crippen LogP contribution in [0.2, 0.25) is 0 Å². The van der Waals surface area contributed by atoms with Gasteiger partial charge in [-0.05, 0) is 56.1 Å². The largest absolute Gasteiger partial charge is 0.491 e. The summed E-state index contributed by atoms with van der Waals surface area (Å²) in [4.78, 5) is 25.2. The van der Waals surface area contributed by atoms with Crippen molar-refractivity contribution in [1.82, 2.24) is 19.8 Å². The number of nitrogens with one attached hydrogen (secondary N) is 2. The van der Waals surface area contributed by atoms with Crippen molar-refractivity contribution in [3.8, 4) is 18.1 Å². The third-order valence-corrected chi connectivity index (χ3v) is 7.58. The highest BCUT2D eigenvalue weighted by molar-refractivity contribution is 5.94. The van der Waals surface area contributed by atoms with Crippen LogP contribution in [-0.2, 0) is 4.79 Å². The quantitative estimate of drug-likeness (QED) is 0.357. The van der Waals surface area contributed by atoms with E-state index >= 15 is 0 Å². The maximum Gasteiger partial charge on any atom is 0.219 e. The van der Waals surface area contributed by atoms with Crippen LogP contribution in [0.4, 0.5) is 17.2 Å². The summed E-state index contributed by atoms with van der Waals surface area (Å²) < 4.78 is 6.25. The SMILES string of the molecule is C#Cc1cccc(Nc2ncnc3cc(NC)c(OCCCN4CCC5(CCN(C(C)=O)C5)C4)cc23)c1. The van der Waals surface area contributed by atoms with Crippen molar-refractivity contribution in [2.45, 2.75) is 26.2 Å². The van der Waals surface area contributed by atoms with Crippen LogP contribution < -0.4 is 15.4 Å². The van der Waals surface area contributed by atoms with Gasteiger partial charge in [-0.1, -0.05) is 12.0 Å². The van der Waals surface area contributed by atoms with Crippen LogP contribution in [0, 0.1) is 17.8 Å². The second-order valence-electron chi connectivity index (χ2n) is 10.1. The number of carbonyl (C=O) groups excluding carboxylic acids is 1. The fourth-order valence-electron chi connectivity index (χ4n) is 5.55. The minimum atomic E-state index is 0.198. The van der Waals surface area contributed by atoms with E-state index in [1.165, 1.54) is 6.42 Å². The van der Waals surface area contributed by atoms with Gasteiger partial charge in [0, 0.05) is 62.2 Å². The van der Waals surface area contributed by atoms with Crippen LogP contribution in [-0.4, -0.2) is 72.1 Å². The van der Waals surface area contributed by atoms with Crippen molar-refractivity contribution in [1.29, 1.82) is 0 Å². The molecule has 1 aromatic heterocycles. The Balaban J connectivity index is 1.22. The Kier molecular flexibility index (Phi) is 7.15. The van der Waals surface area contributed by atoms with E-state index in [0.717, 1.165) is 79.2 Å². The number of aromatic nitrogens is 2. The number of fused-ring (bicyclic) bond motifs is 1. The van der Waals surface area contributed by atoms with Gasteiger partial charge >= 0.3 is 0 Å². The molecule has 5 rings (SSSR count). The third-order valence-electron chi connectivity index (χ3n) is 7.58. The molecule has 8 nitrogen and oxygen atoms in total. The summed E-state index contributed by atoms with van der Waals surface area (Å²) in [5.41, 5.74) is 3.67. The predicted molar refractivity (Wildman–Crippen MR) is 147 cm³/mol. The number of anilines is 3. The summed E-state index contributed by atoms with van der Waals surface area (Å²) in [6.45, 7) is 7.26. The predicted octanol–water partition coefficient (Wildman–Crippen LogP) is 4.11. The van der Waals surface area contributed by atoms with Crippen molar-refractivity contribution in [2.75, 3.05) is 57.0 Å². The Hall–Kier alpha value is -3.83. The highest BCUT2D eigenvalue weighted by Crippen LogP contribution is 2.39. The van der Waals surface area contributed by atoms with Gasteiger partial charge in [-0.3, -0.25) is 4.79 Å². The van der Waals surface area contributed by atoms with Gasteiger partial charge in [0.15, 0.2) is 0 Å². The standard InChI is InChI=1S/C29H34N6O2/c1-4-22-7-5-8-23(15-22)33-28-24-16-27(26(30-3)17-25(24)31-20-32-28)37-14-6-11-34-12-9-29(18-34)10-13-35(19-29)21(2)36/h1,5,7-8,15-17,20,30H,6,9-14,18-19H2,2-3H3,(H,31,32,33). The number of nitrogens with zero attached hydrogens (tertiary/aromatic N) is 4. The van der Waals surface area contributed by atoms with E-state index in [0.29, 0.717) is 12.4 Å². The van der Waals surface area contributed by atoms with Crippen molar-refractivity contribution in [3.05, 3.63) is 48.3 Å². The van der Waals surface area contributed by atoms with Gasteiger partial charge in [0.1, 0.15) is 17.9 Å². The smallest absolute Gasteiger partial charge is 0.219 e. The summed E-state index contributed by atoms with van der Waals surface area (Å²) >= 11 is 0. The number of terminal acetylenes is 1. The van der Waals surface area contributed by atoms with E-state index < -0.39 is 0 Å². The average molecular weight is 499 g/mol. The van der Waals surface area contributed by atoms with Crippen molar-refractivity contribution < 1.29 is 9.53 Å². The van der Waals surface area contributed by atoms with Crippen molar-refractivity contribution in [2.24, 2.45) is 5.41 Å². The van der Waals surface area contributed by atoms with E-state index in [2.05, 4.69) is 31.4 Å². The lowest BCUT2D eigenvalue weighted by atomic mass is 9.86. The van der Waals surface area contributed by atoms with E-state index in [9.17, 15) is 4.79 Å². The van der Waals surface area contributed by atoms with E-state index in [1.54, 1.807) is 13.3 Å². The van der Waals surface area contributed by atoms with Crippen molar-refractivity contribution >= 4 is 34.0 Å². The monoisotopic (exact) mass is 498 g/mol. The molecule has 0 bridgehead atoms. The molecule has 1 atom stereocenters. The van der Waals surface area contributed by atoms with Crippen LogP contribution in [0.5, 0.6) is 5.75 Å². The van der Waals surface area contributed by atoms with E-state index in [1.807, 2.05) is 48.3 Å². The van der Waals surface area contributed by atoms with Gasteiger partial charge in [0.05, 0.1) is 17.8 Å². The zero-order valence-corrected chi connectivity index (χ0v) is 21.6. The van der Waals surface area contributed by atoms with Gasteiger partial charge < -0.3 is 25.2 Å². The molecule has 2 fully saturated rings. The normalized spacial score (nSPS) is 19.3. The number of carbonyl (C=O) groups is 1. The lowest BCUT2D eigenvalue weighted by Gasteiger charge is -2.24. The first kappa shape index (κ1) is 24.8. The molecule has 3 aromatic rings. The molecule has 0 aliphatic carbocycles. The van der Waals surface area contributed by atoms with Crippen LogP contribution in [0.25, 0.3) is 10.9 Å². The molecule has 37 heavy (non-hydrogen) atoms. The molecule has 2 N–H and O–H groups in total. The number of likely N-dealkylation sites (tertiary alicyclic amines) is 2. The van der Waals surface area contributed by atoms with Gasteiger partial charge in [-0.25, -0.2) is 9.97 Å². The first-order chi connectivity index (χ1) is 18.0. The minimum absolute atomic E-state index is 0.198. The van der Waals surface area contributed by atoms with Gasteiger partial charge in [-0.15, -0.1) is 6.42 Å². The Labute approximate surface area is 218 Å². The van der Waals surface area contributed by atoms with Gasteiger partial charge in [0.2, 0.25) is 5.91 Å². The Morgan fingerprint density at radius 3 is 2.84 bits per heavy atom. The Morgan fingerprint density at radius 1 is 1.19 bits per heavy atom. The molecular formula is C29H34N6O2. The molecule has 2 aliphatic heterocycles. The summed E-state index contributed by atoms with van der Waals surface area (Å²) in [5, 5.41) is 7.48. The number of rotatable bonds is 8. The third kappa shape index (κ3) is 5.47. The molecule has 1 amide bonds. The Morgan fingerprint density at radius 2 is 2.05 bits per heavy atom. The number of hydrogen-bond acceptors (Lipinski definition) is 7. The maximum absolute atomic E-state index is 11.8. The average Bonchev–Trinajstić information content (AvgIpc) is 3.52. The fourth-order valence-corrected chi connectivity index (χ4v) is 5.55. The molecule has 2 aliphatic rings. The molecule has 1 spiro atoms. The molecule has 8 heteroatoms. The maximum atomic E-state index is 11.8. The lowest BCUT2D eigenvalue weighted by Crippen LogP contribution is -2.33. The van der Waals surface area contributed by atoms with Gasteiger partial charge in [0.25, 0.3) is 0 Å². The molecule has 0 radical (unpaired) electrons. The second-order valence-corrected chi connectivity index (χ2v) is 10.1. The fraction of sp³-hybridized carbons (Fsp3) is 0.414. The number of ether oxygens (including phenoxy) is 1. The summed E-state index contributed by atoms with van der Waals surface area (Å²) in [7, 11) is 1.88. The number of benzene rings is 2. The minimum Gasteiger partial charge on any atom is -0.491 e. The molecule has 1 unspecified atom stereocenters. The summed E-state index contributed by atoms with van der Waals surface area (Å²) in [6, 6.07) is 11.7. The zero-order valence-electron chi connectivity index (χ0n) is 21.6. The lowest BCUT2D eigenvalue weighted by molar-refractivity contribution is -0.128. The highest BCUT2D eigenvalue weighted by atomic mass is 16.5. The van der Waals surface area contributed by atoms with Crippen LogP contribution in [0.1, 0.15) is 31.7 Å².